The van der Waals surface area contributed by atoms with E-state index < -0.39 is 0 Å². The zero-order valence-corrected chi connectivity index (χ0v) is 12.7. The van der Waals surface area contributed by atoms with E-state index in [9.17, 15) is 5.11 Å². The molecule has 0 aliphatic heterocycles. The van der Waals surface area contributed by atoms with Crippen LogP contribution in [0.25, 0.3) is 0 Å². The average molecular weight is 305 g/mol. The third-order valence-corrected chi connectivity index (χ3v) is 4.79. The topological polar surface area (TPSA) is 97.0 Å². The Morgan fingerprint density at radius 2 is 2.24 bits per heavy atom. The smallest absolute Gasteiger partial charge is 0.222 e. The van der Waals surface area contributed by atoms with Crippen molar-refractivity contribution in [2.24, 2.45) is 0 Å². The number of thiazole rings is 1. The molecule has 4 N–H and O–H groups in total. The second-order valence-corrected chi connectivity index (χ2v) is 6.34. The lowest BCUT2D eigenvalue weighted by Gasteiger charge is -2.30. The second kappa shape index (κ2) is 5.95. The molecule has 1 fully saturated rings. The number of aliphatic hydroxyl groups is 1. The van der Waals surface area contributed by atoms with E-state index in [0.29, 0.717) is 5.92 Å². The van der Waals surface area contributed by atoms with Crippen LogP contribution in [0, 0.1) is 6.92 Å². The minimum absolute atomic E-state index is 0.197. The number of aryl methyl sites for hydroxylation is 1. The Kier molecular flexibility index (Phi) is 4.03. The normalized spacial score (nSPS) is 21.0. The highest BCUT2D eigenvalue weighted by molar-refractivity contribution is 7.09. The molecule has 3 rings (SSSR count). The summed E-state index contributed by atoms with van der Waals surface area (Å²) in [6.07, 6.45) is 2.24. The molecule has 2 aromatic heterocycles. The van der Waals surface area contributed by atoms with E-state index in [1.54, 1.807) is 11.3 Å². The van der Waals surface area contributed by atoms with E-state index in [-0.39, 0.29) is 12.1 Å². The van der Waals surface area contributed by atoms with E-state index in [1.807, 2.05) is 18.5 Å². The quantitative estimate of drug-likeness (QED) is 0.778. The summed E-state index contributed by atoms with van der Waals surface area (Å²) in [4.78, 5) is 14.0. The molecule has 0 aromatic carbocycles. The van der Waals surface area contributed by atoms with Crippen LogP contribution in [0.1, 0.15) is 35.0 Å². The number of anilines is 2. The first-order valence-electron chi connectivity index (χ1n) is 7.07. The van der Waals surface area contributed by atoms with Gasteiger partial charge in [-0.05, 0) is 19.8 Å². The summed E-state index contributed by atoms with van der Waals surface area (Å²) in [5.74, 6) is 1.33. The molecule has 21 heavy (non-hydrogen) atoms. The molecule has 0 atom stereocenters. The molecule has 0 saturated heterocycles. The lowest BCUT2D eigenvalue weighted by Crippen LogP contribution is -2.27. The predicted octanol–water partition coefficient (Wildman–Crippen LogP) is 1.72. The third-order valence-electron chi connectivity index (χ3n) is 3.80. The van der Waals surface area contributed by atoms with E-state index in [4.69, 9.17) is 5.73 Å². The van der Waals surface area contributed by atoms with Gasteiger partial charge in [-0.15, -0.1) is 11.3 Å². The number of nitrogens with zero attached hydrogens (tertiary/aromatic N) is 3. The van der Waals surface area contributed by atoms with E-state index in [0.717, 1.165) is 43.0 Å². The lowest BCUT2D eigenvalue weighted by atomic mass is 9.80. The van der Waals surface area contributed by atoms with Crippen LogP contribution in [0.3, 0.4) is 0 Å². The fourth-order valence-electron chi connectivity index (χ4n) is 2.48. The largest absolute Gasteiger partial charge is 0.393 e. The van der Waals surface area contributed by atoms with Gasteiger partial charge in [0.05, 0.1) is 23.0 Å². The summed E-state index contributed by atoms with van der Waals surface area (Å²) in [6, 6.07) is 1.94. The fraction of sp³-hybridized carbons (Fsp3) is 0.500. The van der Waals surface area contributed by atoms with Gasteiger partial charge in [0.15, 0.2) is 0 Å². The zero-order chi connectivity index (χ0) is 14.8. The molecule has 0 bridgehead atoms. The highest BCUT2D eigenvalue weighted by atomic mass is 32.1. The minimum atomic E-state index is -0.197. The number of nitrogen functional groups attached to an aromatic ring is 1. The van der Waals surface area contributed by atoms with Crippen molar-refractivity contribution in [3.63, 3.8) is 0 Å². The van der Waals surface area contributed by atoms with Gasteiger partial charge in [-0.3, -0.25) is 0 Å². The summed E-state index contributed by atoms with van der Waals surface area (Å²) < 4.78 is 0. The van der Waals surface area contributed by atoms with Crippen molar-refractivity contribution in [2.75, 3.05) is 17.6 Å². The summed E-state index contributed by atoms with van der Waals surface area (Å²) in [7, 11) is 0. The lowest BCUT2D eigenvalue weighted by molar-refractivity contribution is 0.0732. The standard InChI is InChI=1S/C14H19N5OS/c1-8-12(21-7-17-8)2-3-16-13-6-11(18-14(15)19-13)9-4-10(20)5-9/h6-7,9-10,20H,2-5H2,1H3,(H3,15,16,18,19). The Hall–Kier alpha value is -1.73. The predicted molar refractivity (Wildman–Crippen MR) is 83.5 cm³/mol. The molecule has 0 spiro atoms. The SMILES string of the molecule is Cc1ncsc1CCNc1cc(C2CC(O)C2)nc(N)n1. The number of rotatable bonds is 5. The first-order chi connectivity index (χ1) is 10.1. The molecule has 0 amide bonds. The van der Waals surface area contributed by atoms with Crippen molar-refractivity contribution >= 4 is 23.1 Å². The molecule has 6 nitrogen and oxygen atoms in total. The van der Waals surface area contributed by atoms with E-state index in [2.05, 4.69) is 20.3 Å². The Labute approximate surface area is 127 Å². The van der Waals surface area contributed by atoms with Gasteiger partial charge in [-0.2, -0.15) is 4.98 Å². The van der Waals surface area contributed by atoms with E-state index >= 15 is 0 Å². The monoisotopic (exact) mass is 305 g/mol. The van der Waals surface area contributed by atoms with Gasteiger partial charge in [-0.25, -0.2) is 9.97 Å². The third kappa shape index (κ3) is 3.30. The second-order valence-electron chi connectivity index (χ2n) is 5.40. The molecular weight excluding hydrogens is 286 g/mol. The number of aromatic nitrogens is 3. The van der Waals surface area contributed by atoms with Gasteiger partial charge >= 0.3 is 0 Å². The summed E-state index contributed by atoms with van der Waals surface area (Å²) in [6.45, 7) is 2.81. The van der Waals surface area contributed by atoms with Crippen molar-refractivity contribution in [1.82, 2.24) is 15.0 Å². The van der Waals surface area contributed by atoms with Gasteiger partial charge in [-0.1, -0.05) is 0 Å². The first kappa shape index (κ1) is 14.2. The Bertz CT molecular complexity index is 624. The van der Waals surface area contributed by atoms with Crippen LogP contribution >= 0.6 is 11.3 Å². The van der Waals surface area contributed by atoms with Crippen LogP contribution in [0.4, 0.5) is 11.8 Å². The Balaban J connectivity index is 1.61. The molecular formula is C14H19N5OS. The van der Waals surface area contributed by atoms with Gasteiger partial charge in [0, 0.05) is 29.8 Å². The van der Waals surface area contributed by atoms with Crippen molar-refractivity contribution in [2.45, 2.75) is 38.2 Å². The van der Waals surface area contributed by atoms with Crippen LogP contribution < -0.4 is 11.1 Å². The van der Waals surface area contributed by atoms with Gasteiger partial charge in [0.25, 0.3) is 0 Å². The maximum atomic E-state index is 9.40. The number of hydrogen-bond acceptors (Lipinski definition) is 7. The molecule has 7 heteroatoms. The molecule has 2 aromatic rings. The van der Waals surface area contributed by atoms with Crippen LogP contribution in [0.2, 0.25) is 0 Å². The molecule has 0 unspecified atom stereocenters. The van der Waals surface area contributed by atoms with Gasteiger partial charge < -0.3 is 16.2 Å². The molecule has 1 aliphatic carbocycles. The van der Waals surface area contributed by atoms with Crippen molar-refractivity contribution in [1.29, 1.82) is 0 Å². The maximum absolute atomic E-state index is 9.40. The molecule has 2 heterocycles. The number of hydrogen-bond donors (Lipinski definition) is 3. The van der Waals surface area contributed by atoms with Gasteiger partial charge in [0.1, 0.15) is 5.82 Å². The molecule has 0 radical (unpaired) electrons. The van der Waals surface area contributed by atoms with Crippen molar-refractivity contribution in [3.05, 3.63) is 27.8 Å². The van der Waals surface area contributed by atoms with Crippen LogP contribution in [0.5, 0.6) is 0 Å². The van der Waals surface area contributed by atoms with Crippen molar-refractivity contribution < 1.29 is 5.11 Å². The first-order valence-corrected chi connectivity index (χ1v) is 7.95. The molecule has 1 saturated carbocycles. The number of aliphatic hydroxyl groups excluding tert-OH is 1. The average Bonchev–Trinajstić information content (AvgIpc) is 2.80. The Morgan fingerprint density at radius 1 is 1.43 bits per heavy atom. The molecule has 1 aliphatic rings. The zero-order valence-electron chi connectivity index (χ0n) is 11.9. The van der Waals surface area contributed by atoms with Gasteiger partial charge in [0.2, 0.25) is 5.95 Å². The Morgan fingerprint density at radius 3 is 2.90 bits per heavy atom. The molecule has 112 valence electrons. The highest BCUT2D eigenvalue weighted by Gasteiger charge is 2.30. The fourth-order valence-corrected chi connectivity index (χ4v) is 3.27. The highest BCUT2D eigenvalue weighted by Crippen LogP contribution is 2.36. The summed E-state index contributed by atoms with van der Waals surface area (Å²) in [5.41, 5.74) is 9.65. The van der Waals surface area contributed by atoms with Crippen LogP contribution in [-0.2, 0) is 6.42 Å². The number of nitrogens with one attached hydrogen (secondary N) is 1. The maximum Gasteiger partial charge on any atom is 0.222 e. The summed E-state index contributed by atoms with van der Waals surface area (Å²) in [5, 5.41) is 12.7. The van der Waals surface area contributed by atoms with Crippen LogP contribution in [-0.4, -0.2) is 32.7 Å². The van der Waals surface area contributed by atoms with E-state index in [1.165, 1.54) is 4.88 Å². The summed E-state index contributed by atoms with van der Waals surface area (Å²) >= 11 is 1.67. The van der Waals surface area contributed by atoms with Crippen LogP contribution in [0.15, 0.2) is 11.6 Å². The number of nitrogens with two attached hydrogens (primary N) is 1. The minimum Gasteiger partial charge on any atom is -0.393 e. The van der Waals surface area contributed by atoms with Crippen molar-refractivity contribution in [3.8, 4) is 0 Å².